The molecule has 0 aliphatic carbocycles. The molecule has 2 heterocycles. The Morgan fingerprint density at radius 1 is 1.15 bits per heavy atom. The second-order valence-corrected chi connectivity index (χ2v) is 7.60. The monoisotopic (exact) mass is 302 g/mol. The van der Waals surface area contributed by atoms with Gasteiger partial charge >= 0.3 is 0 Å². The van der Waals surface area contributed by atoms with Crippen LogP contribution in [0.25, 0.3) is 10.2 Å². The van der Waals surface area contributed by atoms with Crippen LogP contribution in [-0.4, -0.2) is 11.5 Å². The first kappa shape index (κ1) is 13.7. The molecule has 0 radical (unpaired) electrons. The lowest BCUT2D eigenvalue weighted by Crippen LogP contribution is -2.31. The van der Waals surface area contributed by atoms with Crippen molar-refractivity contribution >= 4 is 32.9 Å². The Morgan fingerprint density at radius 2 is 2.00 bits per heavy atom. The number of thiophene rings is 1. The molecule has 20 heavy (non-hydrogen) atoms. The molecule has 104 valence electrons. The van der Waals surface area contributed by atoms with Crippen molar-refractivity contribution in [3.63, 3.8) is 0 Å². The van der Waals surface area contributed by atoms with Gasteiger partial charge in [0.25, 0.3) is 0 Å². The second kappa shape index (κ2) is 5.64. The van der Waals surface area contributed by atoms with Crippen molar-refractivity contribution in [2.75, 3.05) is 6.54 Å². The fourth-order valence-electron chi connectivity index (χ4n) is 2.23. The lowest BCUT2D eigenvalue weighted by Gasteiger charge is -2.23. The molecule has 3 rings (SSSR count). The van der Waals surface area contributed by atoms with Gasteiger partial charge in [0.1, 0.15) is 5.01 Å². The van der Waals surface area contributed by atoms with Gasteiger partial charge in [-0.05, 0) is 23.6 Å². The summed E-state index contributed by atoms with van der Waals surface area (Å²) in [6.45, 7) is 6.37. The molecule has 0 spiro atoms. The minimum Gasteiger partial charge on any atom is -0.310 e. The zero-order chi connectivity index (χ0) is 14.0. The molecule has 0 amide bonds. The lowest BCUT2D eigenvalue weighted by atomic mass is 9.91. The SMILES string of the molecule is CC(C)(CNCc1nc2ccccc2s1)c1cccs1. The number of para-hydroxylation sites is 1. The van der Waals surface area contributed by atoms with E-state index in [9.17, 15) is 0 Å². The van der Waals surface area contributed by atoms with Crippen LogP contribution in [-0.2, 0) is 12.0 Å². The number of aromatic nitrogens is 1. The number of hydrogen-bond donors (Lipinski definition) is 1. The van der Waals surface area contributed by atoms with Crippen LogP contribution in [0, 0.1) is 0 Å². The molecule has 3 aromatic rings. The van der Waals surface area contributed by atoms with Crippen LogP contribution >= 0.6 is 22.7 Å². The van der Waals surface area contributed by atoms with Crippen LogP contribution in [0.2, 0.25) is 0 Å². The van der Waals surface area contributed by atoms with E-state index in [1.165, 1.54) is 9.58 Å². The van der Waals surface area contributed by atoms with Gasteiger partial charge in [0.15, 0.2) is 0 Å². The number of nitrogens with zero attached hydrogens (tertiary/aromatic N) is 1. The fourth-order valence-corrected chi connectivity index (χ4v) is 4.02. The lowest BCUT2D eigenvalue weighted by molar-refractivity contribution is 0.476. The van der Waals surface area contributed by atoms with Gasteiger partial charge in [0.2, 0.25) is 0 Å². The summed E-state index contributed by atoms with van der Waals surface area (Å²) in [7, 11) is 0. The summed E-state index contributed by atoms with van der Waals surface area (Å²) in [5.41, 5.74) is 1.28. The van der Waals surface area contributed by atoms with E-state index in [2.05, 4.69) is 59.9 Å². The van der Waals surface area contributed by atoms with Gasteiger partial charge in [0.05, 0.1) is 10.2 Å². The molecule has 1 N–H and O–H groups in total. The molecule has 0 aliphatic rings. The molecule has 2 nitrogen and oxygen atoms in total. The third kappa shape index (κ3) is 2.92. The Hall–Kier alpha value is -1.23. The molecule has 0 aliphatic heterocycles. The zero-order valence-electron chi connectivity index (χ0n) is 11.7. The molecule has 0 bridgehead atoms. The molecule has 0 saturated carbocycles. The number of nitrogens with one attached hydrogen (secondary N) is 1. The summed E-state index contributed by atoms with van der Waals surface area (Å²) in [6.07, 6.45) is 0. The van der Waals surface area contributed by atoms with E-state index in [1.54, 1.807) is 11.3 Å². The predicted octanol–water partition coefficient (Wildman–Crippen LogP) is 4.43. The molecule has 2 aromatic heterocycles. The van der Waals surface area contributed by atoms with Crippen LogP contribution in [0.3, 0.4) is 0 Å². The average Bonchev–Trinajstić information content (AvgIpc) is 3.07. The van der Waals surface area contributed by atoms with Gasteiger partial charge in [-0.3, -0.25) is 0 Å². The van der Waals surface area contributed by atoms with Crippen molar-refractivity contribution in [1.29, 1.82) is 0 Å². The Morgan fingerprint density at radius 3 is 2.75 bits per heavy atom. The highest BCUT2D eigenvalue weighted by atomic mass is 32.1. The standard InChI is InChI=1S/C16H18N2S2/c1-16(2,14-8-5-9-19-14)11-17-10-15-18-12-6-3-4-7-13(12)20-15/h3-9,17H,10-11H2,1-2H3. The van der Waals surface area contributed by atoms with Crippen molar-refractivity contribution in [2.45, 2.75) is 25.8 Å². The van der Waals surface area contributed by atoms with E-state index >= 15 is 0 Å². The van der Waals surface area contributed by atoms with Crippen LogP contribution in [0.4, 0.5) is 0 Å². The number of rotatable bonds is 5. The van der Waals surface area contributed by atoms with Crippen LogP contribution in [0.1, 0.15) is 23.7 Å². The van der Waals surface area contributed by atoms with Crippen molar-refractivity contribution in [3.8, 4) is 0 Å². The third-order valence-corrected chi connectivity index (χ3v) is 5.64. The van der Waals surface area contributed by atoms with E-state index in [-0.39, 0.29) is 5.41 Å². The molecular formula is C16H18N2S2. The van der Waals surface area contributed by atoms with E-state index in [4.69, 9.17) is 0 Å². The largest absolute Gasteiger partial charge is 0.310 e. The molecule has 0 atom stereocenters. The second-order valence-electron chi connectivity index (χ2n) is 5.54. The number of thiazole rings is 1. The summed E-state index contributed by atoms with van der Waals surface area (Å²) < 4.78 is 1.27. The van der Waals surface area contributed by atoms with Gasteiger partial charge in [0, 0.05) is 23.4 Å². The first-order chi connectivity index (χ1) is 9.65. The molecule has 0 saturated heterocycles. The molecule has 1 aromatic carbocycles. The van der Waals surface area contributed by atoms with Crippen LogP contribution in [0.5, 0.6) is 0 Å². The maximum Gasteiger partial charge on any atom is 0.108 e. The minimum atomic E-state index is 0.171. The van der Waals surface area contributed by atoms with E-state index in [0.717, 1.165) is 23.6 Å². The summed E-state index contributed by atoms with van der Waals surface area (Å²) in [5.74, 6) is 0. The van der Waals surface area contributed by atoms with Crippen molar-refractivity contribution in [2.24, 2.45) is 0 Å². The first-order valence-corrected chi connectivity index (χ1v) is 8.44. The van der Waals surface area contributed by atoms with Crippen LogP contribution < -0.4 is 5.32 Å². The zero-order valence-corrected chi connectivity index (χ0v) is 13.4. The van der Waals surface area contributed by atoms with Gasteiger partial charge in [-0.2, -0.15) is 0 Å². The Kier molecular flexibility index (Phi) is 3.87. The summed E-state index contributed by atoms with van der Waals surface area (Å²) in [5, 5.41) is 6.85. The normalized spacial score (nSPS) is 12.1. The number of fused-ring (bicyclic) bond motifs is 1. The maximum absolute atomic E-state index is 4.65. The highest BCUT2D eigenvalue weighted by Gasteiger charge is 2.21. The van der Waals surface area contributed by atoms with Gasteiger partial charge in [-0.25, -0.2) is 4.98 Å². The molecule has 0 unspecified atom stereocenters. The maximum atomic E-state index is 4.65. The Bertz CT molecular complexity index is 650. The van der Waals surface area contributed by atoms with Gasteiger partial charge in [-0.1, -0.05) is 32.0 Å². The van der Waals surface area contributed by atoms with Crippen molar-refractivity contribution in [1.82, 2.24) is 10.3 Å². The Balaban J connectivity index is 1.62. The number of benzene rings is 1. The predicted molar refractivity (Wildman–Crippen MR) is 88.7 cm³/mol. The Labute approximate surface area is 127 Å². The van der Waals surface area contributed by atoms with Crippen molar-refractivity contribution < 1.29 is 0 Å². The van der Waals surface area contributed by atoms with Gasteiger partial charge < -0.3 is 5.32 Å². The fraction of sp³-hybridized carbons (Fsp3) is 0.312. The molecule has 0 fully saturated rings. The van der Waals surface area contributed by atoms with Crippen molar-refractivity contribution in [3.05, 3.63) is 51.7 Å². The number of hydrogen-bond acceptors (Lipinski definition) is 4. The first-order valence-electron chi connectivity index (χ1n) is 6.74. The molecular weight excluding hydrogens is 284 g/mol. The molecule has 4 heteroatoms. The van der Waals surface area contributed by atoms with E-state index < -0.39 is 0 Å². The minimum absolute atomic E-state index is 0.171. The third-order valence-electron chi connectivity index (χ3n) is 3.37. The topological polar surface area (TPSA) is 24.9 Å². The summed E-state index contributed by atoms with van der Waals surface area (Å²) in [6, 6.07) is 12.6. The van der Waals surface area contributed by atoms with Gasteiger partial charge in [-0.15, -0.1) is 22.7 Å². The van der Waals surface area contributed by atoms with E-state index in [0.29, 0.717) is 0 Å². The highest BCUT2D eigenvalue weighted by Crippen LogP contribution is 2.27. The summed E-state index contributed by atoms with van der Waals surface area (Å²) >= 11 is 3.60. The van der Waals surface area contributed by atoms with E-state index in [1.807, 2.05) is 17.4 Å². The summed E-state index contributed by atoms with van der Waals surface area (Å²) in [4.78, 5) is 6.08. The highest BCUT2D eigenvalue weighted by molar-refractivity contribution is 7.18. The smallest absolute Gasteiger partial charge is 0.108 e. The average molecular weight is 302 g/mol. The van der Waals surface area contributed by atoms with Crippen LogP contribution in [0.15, 0.2) is 41.8 Å². The quantitative estimate of drug-likeness (QED) is 0.754.